The second-order valence-corrected chi connectivity index (χ2v) is 10.4. The molecule has 3 aromatic carbocycles. The average Bonchev–Trinajstić information content (AvgIpc) is 3.55. The number of amides is 1. The molecule has 3 heterocycles. The van der Waals surface area contributed by atoms with Gasteiger partial charge in [0, 0.05) is 35.5 Å². The maximum Gasteiger partial charge on any atom is 0.247 e. The van der Waals surface area contributed by atoms with Crippen LogP contribution >= 0.6 is 0 Å². The summed E-state index contributed by atoms with van der Waals surface area (Å²) in [6, 6.07) is 22.9. The van der Waals surface area contributed by atoms with E-state index < -0.39 is 0 Å². The predicted octanol–water partition coefficient (Wildman–Crippen LogP) is 6.02. The molecule has 0 spiro atoms. The minimum Gasteiger partial charge on any atom is -0.496 e. The fourth-order valence-corrected chi connectivity index (χ4v) is 5.70. The van der Waals surface area contributed by atoms with Crippen molar-refractivity contribution < 1.29 is 9.53 Å². The lowest BCUT2D eigenvalue weighted by Crippen LogP contribution is -2.28. The Morgan fingerprint density at radius 2 is 1.77 bits per heavy atom. The van der Waals surface area contributed by atoms with E-state index in [-0.39, 0.29) is 11.8 Å². The molecule has 4 aromatic rings. The number of H-pyrrole nitrogens is 1. The average molecular weight is 519 g/mol. The highest BCUT2D eigenvalue weighted by atomic mass is 16.5. The summed E-state index contributed by atoms with van der Waals surface area (Å²) in [5, 5.41) is 11.7. The number of fused-ring (bicyclic) bond motifs is 1. The number of aromatic nitrogens is 2. The summed E-state index contributed by atoms with van der Waals surface area (Å²) in [6.45, 7) is 4.02. The Bertz CT molecular complexity index is 1530. The lowest BCUT2D eigenvalue weighted by atomic mass is 9.91. The van der Waals surface area contributed by atoms with E-state index in [1.54, 1.807) is 7.11 Å². The Balaban J connectivity index is 1.19. The predicted molar refractivity (Wildman–Crippen MR) is 157 cm³/mol. The molecule has 0 aliphatic carbocycles. The van der Waals surface area contributed by atoms with Crippen LogP contribution in [0, 0.1) is 0 Å². The van der Waals surface area contributed by atoms with E-state index >= 15 is 0 Å². The quantitative estimate of drug-likeness (QED) is 0.293. The molecule has 1 aromatic heterocycles. The molecule has 2 saturated heterocycles. The number of nitrogens with zero attached hydrogens (tertiary/aromatic N) is 2. The number of aromatic amines is 1. The summed E-state index contributed by atoms with van der Waals surface area (Å²) < 4.78 is 5.56. The van der Waals surface area contributed by atoms with E-state index in [1.165, 1.54) is 37.9 Å². The fourth-order valence-electron chi connectivity index (χ4n) is 5.70. The SMILES string of the molecule is COc1ccccc1C1CNC(=O)/C1=C\c1ccc2c(/C=C/c3ccc(CN4CCCCC4)cc3)n[nH]c2c1. The van der Waals surface area contributed by atoms with Crippen LogP contribution in [0.5, 0.6) is 5.75 Å². The number of rotatable bonds is 7. The first kappa shape index (κ1) is 25.1. The standard InChI is InChI=1S/C33H34N4O2/c1-39-32-8-4-3-7-26(32)29-21-34-33(38)28(29)19-25-13-15-27-30(35-36-31(27)20-25)16-14-23-9-11-24(12-10-23)22-37-17-5-2-6-18-37/h3-4,7-16,19-20,29H,2,5-6,17-18,21-22H2,1H3,(H,34,38)(H,35,36)/b16-14+,28-19-. The summed E-state index contributed by atoms with van der Waals surface area (Å²) in [4.78, 5) is 15.3. The van der Waals surface area contributed by atoms with Crippen LogP contribution in [0.25, 0.3) is 29.1 Å². The van der Waals surface area contributed by atoms with E-state index in [1.807, 2.05) is 42.5 Å². The van der Waals surface area contributed by atoms with Gasteiger partial charge >= 0.3 is 0 Å². The van der Waals surface area contributed by atoms with E-state index in [2.05, 4.69) is 62.9 Å². The molecule has 0 bridgehead atoms. The molecule has 6 rings (SSSR count). The largest absolute Gasteiger partial charge is 0.496 e. The number of methoxy groups -OCH3 is 1. The minimum atomic E-state index is -0.0594. The molecule has 1 unspecified atom stereocenters. The van der Waals surface area contributed by atoms with Crippen molar-refractivity contribution in [2.45, 2.75) is 31.7 Å². The van der Waals surface area contributed by atoms with Crippen molar-refractivity contribution in [2.75, 3.05) is 26.7 Å². The highest BCUT2D eigenvalue weighted by molar-refractivity contribution is 6.02. The van der Waals surface area contributed by atoms with Crippen LogP contribution < -0.4 is 10.1 Å². The Morgan fingerprint density at radius 3 is 2.59 bits per heavy atom. The van der Waals surface area contributed by atoms with Crippen LogP contribution in [0.15, 0.2) is 72.3 Å². The Kier molecular flexibility index (Phi) is 7.28. The van der Waals surface area contributed by atoms with Crippen molar-refractivity contribution in [3.63, 3.8) is 0 Å². The Labute approximate surface area is 229 Å². The molecule has 0 saturated carbocycles. The number of nitrogens with one attached hydrogen (secondary N) is 2. The van der Waals surface area contributed by atoms with Crippen LogP contribution in [0.2, 0.25) is 0 Å². The van der Waals surface area contributed by atoms with Gasteiger partial charge in [-0.05, 0) is 73.0 Å². The van der Waals surface area contributed by atoms with Crippen molar-refractivity contribution in [2.24, 2.45) is 0 Å². The van der Waals surface area contributed by atoms with Gasteiger partial charge in [-0.25, -0.2) is 0 Å². The van der Waals surface area contributed by atoms with Gasteiger partial charge in [-0.3, -0.25) is 14.8 Å². The van der Waals surface area contributed by atoms with Crippen molar-refractivity contribution in [3.8, 4) is 5.75 Å². The third-order valence-electron chi connectivity index (χ3n) is 7.83. The van der Waals surface area contributed by atoms with Gasteiger partial charge in [0.15, 0.2) is 0 Å². The van der Waals surface area contributed by atoms with Crippen LogP contribution in [0.1, 0.15) is 53.1 Å². The maximum absolute atomic E-state index is 12.7. The van der Waals surface area contributed by atoms with Gasteiger partial charge in [0.05, 0.1) is 18.3 Å². The summed E-state index contributed by atoms with van der Waals surface area (Å²) in [5.74, 6) is 0.694. The number of carbonyl (C=O) groups is 1. The highest BCUT2D eigenvalue weighted by Gasteiger charge is 2.31. The van der Waals surface area contributed by atoms with Crippen LogP contribution in [0.4, 0.5) is 0 Å². The van der Waals surface area contributed by atoms with Crippen LogP contribution in [0.3, 0.4) is 0 Å². The van der Waals surface area contributed by atoms with Crippen LogP contribution in [-0.4, -0.2) is 47.7 Å². The van der Waals surface area contributed by atoms with E-state index in [0.717, 1.165) is 51.2 Å². The smallest absolute Gasteiger partial charge is 0.247 e. The molecule has 2 aliphatic rings. The Morgan fingerprint density at radius 1 is 0.974 bits per heavy atom. The molecule has 1 atom stereocenters. The third-order valence-corrected chi connectivity index (χ3v) is 7.83. The van der Waals surface area contributed by atoms with Gasteiger partial charge in [0.2, 0.25) is 5.91 Å². The van der Waals surface area contributed by atoms with Crippen molar-refractivity contribution in [1.82, 2.24) is 20.4 Å². The van der Waals surface area contributed by atoms with Gasteiger partial charge in [-0.15, -0.1) is 0 Å². The third kappa shape index (κ3) is 5.52. The lowest BCUT2D eigenvalue weighted by molar-refractivity contribution is -0.116. The summed E-state index contributed by atoms with van der Waals surface area (Å²) in [5.41, 5.74) is 7.06. The van der Waals surface area contributed by atoms with Crippen molar-refractivity contribution in [3.05, 3.63) is 100 Å². The summed E-state index contributed by atoms with van der Waals surface area (Å²) in [7, 11) is 1.66. The Hall–Kier alpha value is -4.16. The first-order valence-electron chi connectivity index (χ1n) is 13.8. The molecule has 2 fully saturated rings. The molecule has 198 valence electrons. The van der Waals surface area contributed by atoms with Crippen LogP contribution in [-0.2, 0) is 11.3 Å². The number of likely N-dealkylation sites (tertiary alicyclic amines) is 1. The summed E-state index contributed by atoms with van der Waals surface area (Å²) in [6.07, 6.45) is 10.1. The minimum absolute atomic E-state index is 0.0406. The molecule has 6 nitrogen and oxygen atoms in total. The molecule has 2 aliphatic heterocycles. The van der Waals surface area contributed by atoms with Gasteiger partial charge in [0.1, 0.15) is 5.75 Å². The first-order chi connectivity index (χ1) is 19.2. The topological polar surface area (TPSA) is 70.2 Å². The second-order valence-electron chi connectivity index (χ2n) is 10.4. The monoisotopic (exact) mass is 518 g/mol. The fraction of sp³-hybridized carbons (Fsp3) is 0.273. The number of hydrogen-bond acceptors (Lipinski definition) is 4. The van der Waals surface area contributed by atoms with Crippen molar-refractivity contribution >= 4 is 35.0 Å². The van der Waals surface area contributed by atoms with E-state index in [4.69, 9.17) is 4.74 Å². The van der Waals surface area contributed by atoms with Gasteiger partial charge in [-0.1, -0.05) is 61.0 Å². The number of hydrogen-bond donors (Lipinski definition) is 2. The number of ether oxygens (including phenoxy) is 1. The van der Waals surface area contributed by atoms with E-state index in [9.17, 15) is 4.79 Å². The number of para-hydroxylation sites is 1. The molecule has 1 amide bonds. The number of piperidine rings is 1. The second kappa shape index (κ2) is 11.3. The van der Waals surface area contributed by atoms with Gasteiger partial charge < -0.3 is 10.1 Å². The van der Waals surface area contributed by atoms with Gasteiger partial charge in [-0.2, -0.15) is 5.10 Å². The van der Waals surface area contributed by atoms with E-state index in [0.29, 0.717) is 6.54 Å². The molecule has 0 radical (unpaired) electrons. The zero-order valence-corrected chi connectivity index (χ0v) is 22.3. The molecular weight excluding hydrogens is 484 g/mol. The number of carbonyl (C=O) groups excluding carboxylic acids is 1. The number of benzene rings is 3. The first-order valence-corrected chi connectivity index (χ1v) is 13.8. The lowest BCUT2D eigenvalue weighted by Gasteiger charge is -2.26. The zero-order chi connectivity index (χ0) is 26.6. The maximum atomic E-state index is 12.7. The molecular formula is C33H34N4O2. The molecule has 6 heteroatoms. The normalized spacial score (nSPS) is 19.3. The molecule has 2 N–H and O–H groups in total. The zero-order valence-electron chi connectivity index (χ0n) is 22.3. The van der Waals surface area contributed by atoms with Gasteiger partial charge in [0.25, 0.3) is 0 Å². The highest BCUT2D eigenvalue weighted by Crippen LogP contribution is 2.35. The summed E-state index contributed by atoms with van der Waals surface area (Å²) >= 11 is 0. The van der Waals surface area contributed by atoms with Crippen molar-refractivity contribution in [1.29, 1.82) is 0 Å². The molecule has 39 heavy (non-hydrogen) atoms.